The molecule has 120 valence electrons. The zero-order valence-corrected chi connectivity index (χ0v) is 13.2. The number of rotatable bonds is 2. The monoisotopic (exact) mass is 313 g/mol. The number of benzene rings is 1. The standard InChI is InChI=1S/C18H19NO4/c1-21-12-4-3-10-9-13-18(22-2)6-5-11(20)16-17(18,7-8-19-13)14(10)15(12)23-16/h3-6,13,16,19H,7-9H2,1-2H3. The summed E-state index contributed by atoms with van der Waals surface area (Å²) in [5.74, 6) is 1.44. The number of carbonyl (C=O) groups excluding carboxylic acids is 1. The van der Waals surface area contributed by atoms with Crippen LogP contribution in [0.3, 0.4) is 0 Å². The van der Waals surface area contributed by atoms with Gasteiger partial charge in [-0.05, 0) is 43.2 Å². The molecule has 1 spiro atoms. The quantitative estimate of drug-likeness (QED) is 0.887. The summed E-state index contributed by atoms with van der Waals surface area (Å²) < 4.78 is 17.8. The number of methoxy groups -OCH3 is 2. The molecule has 5 nitrogen and oxygen atoms in total. The lowest BCUT2D eigenvalue weighted by Gasteiger charge is -2.59. The van der Waals surface area contributed by atoms with Crippen LogP contribution < -0.4 is 14.8 Å². The summed E-state index contributed by atoms with van der Waals surface area (Å²) in [5, 5.41) is 3.59. The number of hydrogen-bond acceptors (Lipinski definition) is 5. The first-order valence-corrected chi connectivity index (χ1v) is 8.06. The highest BCUT2D eigenvalue weighted by Gasteiger charge is 2.71. The molecule has 1 saturated heterocycles. The van der Waals surface area contributed by atoms with Gasteiger partial charge in [-0.1, -0.05) is 6.07 Å². The van der Waals surface area contributed by atoms with Crippen LogP contribution in [0.25, 0.3) is 0 Å². The van der Waals surface area contributed by atoms with Crippen LogP contribution in [-0.4, -0.2) is 44.3 Å². The van der Waals surface area contributed by atoms with Crippen LogP contribution in [0.5, 0.6) is 11.5 Å². The Kier molecular flexibility index (Phi) is 2.46. The third kappa shape index (κ3) is 1.28. The van der Waals surface area contributed by atoms with Crippen molar-refractivity contribution in [3.63, 3.8) is 0 Å². The van der Waals surface area contributed by atoms with Crippen molar-refractivity contribution >= 4 is 5.78 Å². The highest BCUT2D eigenvalue weighted by atomic mass is 16.5. The van der Waals surface area contributed by atoms with Crippen LogP contribution in [-0.2, 0) is 21.4 Å². The first-order valence-electron chi connectivity index (χ1n) is 8.06. The van der Waals surface area contributed by atoms with Crippen LogP contribution in [0.4, 0.5) is 0 Å². The first kappa shape index (κ1) is 13.6. The summed E-state index contributed by atoms with van der Waals surface area (Å²) in [6.07, 6.45) is 4.74. The molecule has 4 unspecified atom stereocenters. The van der Waals surface area contributed by atoms with Gasteiger partial charge in [-0.15, -0.1) is 0 Å². The summed E-state index contributed by atoms with van der Waals surface area (Å²) in [4.78, 5) is 12.6. The minimum Gasteiger partial charge on any atom is -0.493 e. The van der Waals surface area contributed by atoms with Gasteiger partial charge in [-0.3, -0.25) is 4.79 Å². The van der Waals surface area contributed by atoms with Crippen molar-refractivity contribution in [3.05, 3.63) is 35.4 Å². The van der Waals surface area contributed by atoms with Gasteiger partial charge >= 0.3 is 0 Å². The van der Waals surface area contributed by atoms with E-state index >= 15 is 0 Å². The third-order valence-corrected chi connectivity index (χ3v) is 6.20. The molecule has 1 aromatic rings. The maximum absolute atomic E-state index is 12.6. The Hall–Kier alpha value is -1.85. The largest absolute Gasteiger partial charge is 0.493 e. The molecule has 0 amide bonds. The van der Waals surface area contributed by atoms with Crippen LogP contribution in [0.2, 0.25) is 0 Å². The molecule has 4 aliphatic rings. The van der Waals surface area contributed by atoms with Crippen LogP contribution in [0.1, 0.15) is 17.5 Å². The summed E-state index contributed by atoms with van der Waals surface area (Å²) >= 11 is 0. The first-order chi connectivity index (χ1) is 11.2. The lowest BCUT2D eigenvalue weighted by molar-refractivity contribution is -0.145. The van der Waals surface area contributed by atoms with Gasteiger partial charge in [0.25, 0.3) is 0 Å². The van der Waals surface area contributed by atoms with E-state index in [1.807, 2.05) is 12.1 Å². The number of nitrogens with one attached hydrogen (secondary N) is 1. The van der Waals surface area contributed by atoms with Crippen molar-refractivity contribution in [2.24, 2.45) is 0 Å². The van der Waals surface area contributed by atoms with E-state index < -0.39 is 17.1 Å². The Morgan fingerprint density at radius 3 is 3.00 bits per heavy atom. The van der Waals surface area contributed by atoms with Crippen LogP contribution >= 0.6 is 0 Å². The van der Waals surface area contributed by atoms with Gasteiger partial charge in [0.05, 0.1) is 12.5 Å². The predicted octanol–water partition coefficient (Wildman–Crippen LogP) is 1.14. The Morgan fingerprint density at radius 2 is 2.22 bits per heavy atom. The van der Waals surface area contributed by atoms with E-state index in [0.29, 0.717) is 5.75 Å². The zero-order chi connectivity index (χ0) is 15.8. The fourth-order valence-electron chi connectivity index (χ4n) is 5.34. The van der Waals surface area contributed by atoms with E-state index in [4.69, 9.17) is 14.2 Å². The molecule has 1 fully saturated rings. The molecule has 5 heteroatoms. The van der Waals surface area contributed by atoms with E-state index in [2.05, 4.69) is 11.4 Å². The molecule has 4 atom stereocenters. The maximum atomic E-state index is 12.6. The molecule has 2 aliphatic heterocycles. The summed E-state index contributed by atoms with van der Waals surface area (Å²) in [6, 6.07) is 4.19. The Labute approximate surface area is 134 Å². The average molecular weight is 313 g/mol. The highest BCUT2D eigenvalue weighted by molar-refractivity contribution is 5.99. The summed E-state index contributed by atoms with van der Waals surface area (Å²) in [7, 11) is 3.38. The topological polar surface area (TPSA) is 56.8 Å². The summed E-state index contributed by atoms with van der Waals surface area (Å²) in [6.45, 7) is 0.854. The van der Waals surface area contributed by atoms with Gasteiger partial charge in [0.2, 0.25) is 0 Å². The van der Waals surface area contributed by atoms with Crippen molar-refractivity contribution in [3.8, 4) is 11.5 Å². The Morgan fingerprint density at radius 1 is 1.35 bits per heavy atom. The molecule has 23 heavy (non-hydrogen) atoms. The van der Waals surface area contributed by atoms with E-state index in [1.54, 1.807) is 20.3 Å². The smallest absolute Gasteiger partial charge is 0.196 e. The van der Waals surface area contributed by atoms with Gasteiger partial charge in [-0.2, -0.15) is 0 Å². The fourth-order valence-corrected chi connectivity index (χ4v) is 5.34. The molecular weight excluding hydrogens is 294 g/mol. The molecule has 0 radical (unpaired) electrons. The van der Waals surface area contributed by atoms with E-state index in [9.17, 15) is 4.79 Å². The lowest BCUT2D eigenvalue weighted by Crippen LogP contribution is -2.75. The Balaban J connectivity index is 1.90. The zero-order valence-electron chi connectivity index (χ0n) is 13.2. The fraction of sp³-hybridized carbons (Fsp3) is 0.500. The molecule has 2 bridgehead atoms. The molecule has 2 aliphatic carbocycles. The number of ether oxygens (including phenoxy) is 3. The molecular formula is C18H19NO4. The normalized spacial score (nSPS) is 39.0. The van der Waals surface area contributed by atoms with Crippen molar-refractivity contribution in [2.45, 2.75) is 36.0 Å². The second-order valence-corrected chi connectivity index (χ2v) is 6.79. The molecule has 2 heterocycles. The predicted molar refractivity (Wildman–Crippen MR) is 83.1 cm³/mol. The van der Waals surface area contributed by atoms with Gasteiger partial charge in [0.1, 0.15) is 5.60 Å². The number of carbonyl (C=O) groups is 1. The Bertz CT molecular complexity index is 758. The molecule has 1 aromatic carbocycles. The van der Waals surface area contributed by atoms with Gasteiger partial charge in [0.15, 0.2) is 23.4 Å². The number of ketones is 1. The third-order valence-electron chi connectivity index (χ3n) is 6.20. The average Bonchev–Trinajstić information content (AvgIpc) is 2.91. The van der Waals surface area contributed by atoms with Crippen LogP contribution in [0.15, 0.2) is 24.3 Å². The SMILES string of the molecule is COc1ccc2c3c1OC1C(=O)C=CC4(OC)C(C2)NCCC314. The number of hydrogen-bond donors (Lipinski definition) is 1. The van der Waals surface area contributed by atoms with E-state index in [-0.39, 0.29) is 11.8 Å². The second-order valence-electron chi connectivity index (χ2n) is 6.79. The van der Waals surface area contributed by atoms with Crippen molar-refractivity contribution in [1.29, 1.82) is 0 Å². The van der Waals surface area contributed by atoms with E-state index in [0.717, 1.165) is 30.7 Å². The van der Waals surface area contributed by atoms with Crippen molar-refractivity contribution < 1.29 is 19.0 Å². The maximum Gasteiger partial charge on any atom is 0.196 e. The lowest BCUT2D eigenvalue weighted by atomic mass is 9.51. The second kappa shape index (κ2) is 4.16. The van der Waals surface area contributed by atoms with Gasteiger partial charge < -0.3 is 19.5 Å². The molecule has 0 saturated carbocycles. The van der Waals surface area contributed by atoms with Gasteiger partial charge in [-0.25, -0.2) is 0 Å². The highest BCUT2D eigenvalue weighted by Crippen LogP contribution is 2.63. The van der Waals surface area contributed by atoms with Crippen LogP contribution in [0, 0.1) is 0 Å². The van der Waals surface area contributed by atoms with Crippen molar-refractivity contribution in [1.82, 2.24) is 5.32 Å². The molecule has 5 rings (SSSR count). The molecule has 1 N–H and O–H groups in total. The van der Waals surface area contributed by atoms with E-state index in [1.165, 1.54) is 5.56 Å². The van der Waals surface area contributed by atoms with Gasteiger partial charge in [0, 0.05) is 18.7 Å². The van der Waals surface area contributed by atoms with Crippen molar-refractivity contribution in [2.75, 3.05) is 20.8 Å². The molecule has 0 aromatic heterocycles. The number of piperidine rings is 1. The summed E-state index contributed by atoms with van der Waals surface area (Å²) in [5.41, 5.74) is 1.35. The minimum absolute atomic E-state index is 0.0180. The minimum atomic E-state index is -0.547.